The molecule has 0 saturated heterocycles. The van der Waals surface area contributed by atoms with E-state index in [4.69, 9.17) is 11.6 Å². The molecule has 0 spiro atoms. The highest BCUT2D eigenvalue weighted by Gasteiger charge is 2.24. The summed E-state index contributed by atoms with van der Waals surface area (Å²) >= 11 is 10.2. The fraction of sp³-hybridized carbons (Fsp3) is 0.294. The molecule has 2 rings (SSSR count). The monoisotopic (exact) mass is 480 g/mol. The molecule has 1 aromatic heterocycles. The van der Waals surface area contributed by atoms with Gasteiger partial charge in [-0.15, -0.1) is 11.3 Å². The van der Waals surface area contributed by atoms with Gasteiger partial charge in [-0.3, -0.25) is 9.59 Å². The molecule has 0 fully saturated rings. The van der Waals surface area contributed by atoms with Crippen LogP contribution in [0.3, 0.4) is 0 Å². The summed E-state index contributed by atoms with van der Waals surface area (Å²) in [4.78, 5) is 24.8. The first-order chi connectivity index (χ1) is 12.7. The molecule has 0 aliphatic heterocycles. The van der Waals surface area contributed by atoms with Crippen LogP contribution in [0.5, 0.6) is 0 Å². The number of hydrogen-bond donors (Lipinski definition) is 3. The lowest BCUT2D eigenvalue weighted by Crippen LogP contribution is -2.43. The second-order valence-corrected chi connectivity index (χ2v) is 8.69. The Labute approximate surface area is 171 Å². The van der Waals surface area contributed by atoms with Gasteiger partial charge in [-0.1, -0.05) is 11.6 Å². The summed E-state index contributed by atoms with van der Waals surface area (Å²) in [5, 5.41) is 14.3. The Bertz CT molecular complexity index is 850. The molecule has 2 aromatic rings. The lowest BCUT2D eigenvalue weighted by atomic mass is 10.1. The van der Waals surface area contributed by atoms with Gasteiger partial charge in [0.25, 0.3) is 5.91 Å². The van der Waals surface area contributed by atoms with Gasteiger partial charge in [0.2, 0.25) is 5.91 Å². The van der Waals surface area contributed by atoms with E-state index in [2.05, 4.69) is 26.6 Å². The van der Waals surface area contributed by atoms with Gasteiger partial charge in [-0.05, 0) is 47.1 Å². The predicted octanol–water partition coefficient (Wildman–Crippen LogP) is 3.34. The Morgan fingerprint density at radius 3 is 2.63 bits per heavy atom. The normalized spacial score (nSPS) is 13.1. The Morgan fingerprint density at radius 2 is 2.00 bits per heavy atom. The van der Waals surface area contributed by atoms with Crippen LogP contribution in [-0.4, -0.2) is 29.5 Å². The summed E-state index contributed by atoms with van der Waals surface area (Å²) in [6.07, 6.45) is -1.65. The fourth-order valence-corrected chi connectivity index (χ4v) is 3.88. The van der Waals surface area contributed by atoms with Crippen molar-refractivity contribution in [2.45, 2.75) is 25.5 Å². The van der Waals surface area contributed by atoms with Crippen molar-refractivity contribution in [3.05, 3.63) is 55.1 Å². The molecule has 0 aliphatic carbocycles. The molecule has 0 aliphatic rings. The second kappa shape index (κ2) is 9.59. The smallest absolute Gasteiger partial charge is 0.253 e. The summed E-state index contributed by atoms with van der Waals surface area (Å²) in [6.45, 7) is 1.69. The molecule has 1 aromatic carbocycles. The standard InChI is InChI=1S/C17H16BrClF2N2O3S/c1-8(23-13(24)6-9-2-5-12(18)27-9)7-22-17(26)16(25)10-3-4-11(20)14(19)15(10)21/h2-5,8,16,25H,6-7H2,1H3,(H,22,26)(H,23,24). The summed E-state index contributed by atoms with van der Waals surface area (Å²) < 4.78 is 28.0. The fourth-order valence-electron chi connectivity index (χ4n) is 2.23. The second-order valence-electron chi connectivity index (χ2n) is 5.76. The van der Waals surface area contributed by atoms with Gasteiger partial charge < -0.3 is 15.7 Å². The van der Waals surface area contributed by atoms with Crippen LogP contribution >= 0.6 is 38.9 Å². The molecule has 0 radical (unpaired) electrons. The Balaban J connectivity index is 1.85. The molecule has 146 valence electrons. The van der Waals surface area contributed by atoms with Gasteiger partial charge in [0, 0.05) is 23.0 Å². The summed E-state index contributed by atoms with van der Waals surface area (Å²) in [6, 6.07) is 5.08. The van der Waals surface area contributed by atoms with Crippen molar-refractivity contribution in [3.63, 3.8) is 0 Å². The third kappa shape index (κ3) is 5.97. The first-order valence-corrected chi connectivity index (χ1v) is 9.80. The molecular weight excluding hydrogens is 466 g/mol. The molecule has 2 unspecified atom stereocenters. The van der Waals surface area contributed by atoms with Crippen molar-refractivity contribution in [1.82, 2.24) is 10.6 Å². The maximum absolute atomic E-state index is 13.9. The van der Waals surface area contributed by atoms with Gasteiger partial charge in [0.1, 0.15) is 10.8 Å². The van der Waals surface area contributed by atoms with E-state index >= 15 is 0 Å². The molecule has 2 atom stereocenters. The maximum Gasteiger partial charge on any atom is 0.253 e. The van der Waals surface area contributed by atoms with Crippen molar-refractivity contribution < 1.29 is 23.5 Å². The number of carbonyl (C=O) groups is 2. The number of nitrogens with one attached hydrogen (secondary N) is 2. The van der Waals surface area contributed by atoms with Crippen LogP contribution in [0, 0.1) is 11.6 Å². The van der Waals surface area contributed by atoms with Crippen LogP contribution in [0.2, 0.25) is 5.02 Å². The summed E-state index contributed by atoms with van der Waals surface area (Å²) in [5.41, 5.74) is -0.432. The SMILES string of the molecule is CC(CNC(=O)C(O)c1ccc(F)c(Cl)c1F)NC(=O)Cc1ccc(Br)s1. The Hall–Kier alpha value is -1.55. The molecule has 5 nitrogen and oxygen atoms in total. The van der Waals surface area contributed by atoms with E-state index in [9.17, 15) is 23.5 Å². The largest absolute Gasteiger partial charge is 0.378 e. The van der Waals surface area contributed by atoms with Crippen molar-refractivity contribution in [3.8, 4) is 0 Å². The molecular formula is C17H16BrClF2N2O3S. The zero-order valence-electron chi connectivity index (χ0n) is 14.1. The number of aliphatic hydroxyl groups is 1. The maximum atomic E-state index is 13.9. The average molecular weight is 482 g/mol. The zero-order valence-corrected chi connectivity index (χ0v) is 17.2. The number of rotatable bonds is 7. The number of hydrogen-bond acceptors (Lipinski definition) is 4. The lowest BCUT2D eigenvalue weighted by Gasteiger charge is -2.17. The molecule has 10 heteroatoms. The lowest BCUT2D eigenvalue weighted by molar-refractivity contribution is -0.130. The Morgan fingerprint density at radius 1 is 1.30 bits per heavy atom. The third-order valence-electron chi connectivity index (χ3n) is 3.56. The van der Waals surface area contributed by atoms with E-state index in [1.807, 2.05) is 12.1 Å². The zero-order chi connectivity index (χ0) is 20.1. The van der Waals surface area contributed by atoms with Crippen LogP contribution in [0.15, 0.2) is 28.1 Å². The Kier molecular flexibility index (Phi) is 7.72. The van der Waals surface area contributed by atoms with Crippen LogP contribution in [0.4, 0.5) is 8.78 Å². The minimum Gasteiger partial charge on any atom is -0.378 e. The summed E-state index contributed by atoms with van der Waals surface area (Å²) in [5.74, 6) is -3.29. The molecule has 3 N–H and O–H groups in total. The minimum atomic E-state index is -1.85. The van der Waals surface area contributed by atoms with Gasteiger partial charge in [-0.2, -0.15) is 0 Å². The van der Waals surface area contributed by atoms with Crippen molar-refractivity contribution in [2.75, 3.05) is 6.54 Å². The van der Waals surface area contributed by atoms with Crippen LogP contribution in [0.25, 0.3) is 0 Å². The topological polar surface area (TPSA) is 78.4 Å². The molecule has 27 heavy (non-hydrogen) atoms. The number of amides is 2. The summed E-state index contributed by atoms with van der Waals surface area (Å²) in [7, 11) is 0. The van der Waals surface area contributed by atoms with E-state index in [1.165, 1.54) is 11.3 Å². The number of carbonyl (C=O) groups excluding carboxylic acids is 2. The molecule has 2 amide bonds. The van der Waals surface area contributed by atoms with Crippen LogP contribution in [-0.2, 0) is 16.0 Å². The number of thiophene rings is 1. The first kappa shape index (κ1) is 21.7. The average Bonchev–Trinajstić information content (AvgIpc) is 3.01. The highest BCUT2D eigenvalue weighted by Crippen LogP contribution is 2.26. The van der Waals surface area contributed by atoms with E-state index in [0.717, 1.165) is 20.8 Å². The van der Waals surface area contributed by atoms with Gasteiger partial charge in [-0.25, -0.2) is 8.78 Å². The quantitative estimate of drug-likeness (QED) is 0.531. The minimum absolute atomic E-state index is 0.0202. The molecule has 0 bridgehead atoms. The van der Waals surface area contributed by atoms with E-state index in [0.29, 0.717) is 0 Å². The molecule has 0 saturated carbocycles. The van der Waals surface area contributed by atoms with Crippen molar-refractivity contribution in [1.29, 1.82) is 0 Å². The molecule has 1 heterocycles. The van der Waals surface area contributed by atoms with E-state index in [1.54, 1.807) is 6.92 Å². The van der Waals surface area contributed by atoms with Gasteiger partial charge in [0.15, 0.2) is 11.9 Å². The first-order valence-electron chi connectivity index (χ1n) is 7.81. The van der Waals surface area contributed by atoms with Crippen LogP contribution in [0.1, 0.15) is 23.5 Å². The van der Waals surface area contributed by atoms with Gasteiger partial charge >= 0.3 is 0 Å². The van der Waals surface area contributed by atoms with E-state index < -0.39 is 40.3 Å². The van der Waals surface area contributed by atoms with Gasteiger partial charge in [0.05, 0.1) is 10.2 Å². The van der Waals surface area contributed by atoms with Crippen molar-refractivity contribution >= 4 is 50.7 Å². The number of aliphatic hydroxyl groups excluding tert-OH is 1. The van der Waals surface area contributed by atoms with E-state index in [-0.39, 0.29) is 18.9 Å². The predicted molar refractivity (Wildman–Crippen MR) is 103 cm³/mol. The number of halogens is 4. The highest BCUT2D eigenvalue weighted by molar-refractivity contribution is 9.11. The number of benzene rings is 1. The van der Waals surface area contributed by atoms with Crippen molar-refractivity contribution in [2.24, 2.45) is 0 Å². The highest BCUT2D eigenvalue weighted by atomic mass is 79.9. The third-order valence-corrected chi connectivity index (χ3v) is 5.53. The van der Waals surface area contributed by atoms with Crippen LogP contribution < -0.4 is 10.6 Å².